The normalized spacial score (nSPS) is 11.3. The van der Waals surface area contributed by atoms with E-state index in [1.54, 1.807) is 48.5 Å². The molecule has 3 rings (SSSR count). The molecule has 0 saturated heterocycles. The van der Waals surface area contributed by atoms with Crippen molar-refractivity contribution >= 4 is 20.7 Å². The fourth-order valence-electron chi connectivity index (χ4n) is 2.12. The van der Waals surface area contributed by atoms with Crippen LogP contribution in [-0.2, 0) is 9.84 Å². The monoisotopic (exact) mass is 282 g/mol. The molecule has 0 atom stereocenters. The summed E-state index contributed by atoms with van der Waals surface area (Å²) in [4.78, 5) is 3.39. The number of benzene rings is 2. The molecule has 0 saturated carbocycles. The maximum Gasteiger partial charge on any atom is 0.208 e. The van der Waals surface area contributed by atoms with Gasteiger partial charge in [0, 0.05) is 17.1 Å². The van der Waals surface area contributed by atoms with Crippen molar-refractivity contribution in [2.45, 2.75) is 9.79 Å². The third-order valence-corrected chi connectivity index (χ3v) is 4.93. The topological polar surface area (TPSA) is 73.7 Å². The Morgan fingerprint density at radius 1 is 1.05 bits per heavy atom. The number of rotatable bonds is 2. The number of nitriles is 1. The van der Waals surface area contributed by atoms with Crippen molar-refractivity contribution in [1.82, 2.24) is 4.98 Å². The molecule has 1 aromatic heterocycles. The van der Waals surface area contributed by atoms with Crippen LogP contribution in [0.5, 0.6) is 0 Å². The summed E-state index contributed by atoms with van der Waals surface area (Å²) in [6, 6.07) is 15.2. The van der Waals surface area contributed by atoms with Gasteiger partial charge in [-0.2, -0.15) is 5.26 Å². The molecule has 3 aromatic rings. The first kappa shape index (κ1) is 12.5. The van der Waals surface area contributed by atoms with Gasteiger partial charge in [0.25, 0.3) is 0 Å². The maximum absolute atomic E-state index is 12.6. The number of hydrogen-bond donors (Lipinski definition) is 1. The zero-order chi connectivity index (χ0) is 14.2. The molecule has 0 amide bonds. The maximum atomic E-state index is 12.6. The second-order valence-electron chi connectivity index (χ2n) is 4.34. The van der Waals surface area contributed by atoms with Gasteiger partial charge in [-0.3, -0.25) is 0 Å². The highest BCUT2D eigenvalue weighted by atomic mass is 32.2. The Morgan fingerprint density at radius 2 is 1.80 bits per heavy atom. The van der Waals surface area contributed by atoms with Crippen molar-refractivity contribution < 1.29 is 8.42 Å². The Kier molecular flexibility index (Phi) is 2.81. The van der Waals surface area contributed by atoms with Crippen molar-refractivity contribution in [3.05, 3.63) is 60.3 Å². The summed E-state index contributed by atoms with van der Waals surface area (Å²) in [5.41, 5.74) is 1.13. The van der Waals surface area contributed by atoms with Crippen LogP contribution in [0.4, 0.5) is 0 Å². The minimum atomic E-state index is -3.56. The average Bonchev–Trinajstić information content (AvgIpc) is 2.91. The lowest BCUT2D eigenvalue weighted by atomic mass is 10.2. The van der Waals surface area contributed by atoms with Crippen LogP contribution >= 0.6 is 0 Å². The molecular formula is C15H10N2O2S. The van der Waals surface area contributed by atoms with Crippen molar-refractivity contribution in [1.29, 1.82) is 5.26 Å². The minimum absolute atomic E-state index is 0.225. The molecule has 0 fully saturated rings. The van der Waals surface area contributed by atoms with Crippen molar-refractivity contribution in [2.24, 2.45) is 0 Å². The number of H-pyrrole nitrogens is 1. The Labute approximate surface area is 116 Å². The highest BCUT2D eigenvalue weighted by Gasteiger charge is 2.21. The average molecular weight is 282 g/mol. The van der Waals surface area contributed by atoms with Crippen LogP contribution < -0.4 is 0 Å². The molecule has 0 spiro atoms. The molecule has 4 nitrogen and oxygen atoms in total. The number of aromatic amines is 1. The van der Waals surface area contributed by atoms with Gasteiger partial charge in [-0.25, -0.2) is 8.42 Å². The molecule has 1 heterocycles. The zero-order valence-corrected chi connectivity index (χ0v) is 11.2. The summed E-state index contributed by atoms with van der Waals surface area (Å²) in [5, 5.41) is 9.45. The van der Waals surface area contributed by atoms with E-state index in [1.807, 2.05) is 6.07 Å². The fourth-order valence-corrected chi connectivity index (χ4v) is 3.57. The Hall–Kier alpha value is -2.58. The molecule has 5 heteroatoms. The third kappa shape index (κ3) is 1.87. The van der Waals surface area contributed by atoms with Gasteiger partial charge in [-0.05, 0) is 24.3 Å². The lowest BCUT2D eigenvalue weighted by Gasteiger charge is -2.02. The summed E-state index contributed by atoms with van der Waals surface area (Å²) >= 11 is 0. The standard InChI is InChI=1S/C15H10N2O2S/c16-9-11-6-7-13-14(8-11)17-10-15(13)20(18,19)12-4-2-1-3-5-12/h1-8,10,17H. The van der Waals surface area contributed by atoms with Crippen LogP contribution in [0, 0.1) is 11.3 Å². The van der Waals surface area contributed by atoms with E-state index in [4.69, 9.17) is 5.26 Å². The van der Waals surface area contributed by atoms with Crippen molar-refractivity contribution in [3.8, 4) is 6.07 Å². The summed E-state index contributed by atoms with van der Waals surface area (Å²) in [7, 11) is -3.56. The first-order valence-electron chi connectivity index (χ1n) is 5.94. The predicted molar refractivity (Wildman–Crippen MR) is 74.9 cm³/mol. The molecule has 0 unspecified atom stereocenters. The van der Waals surface area contributed by atoms with E-state index in [9.17, 15) is 8.42 Å². The zero-order valence-electron chi connectivity index (χ0n) is 10.4. The van der Waals surface area contributed by atoms with E-state index in [0.29, 0.717) is 16.5 Å². The van der Waals surface area contributed by atoms with Crippen LogP contribution in [0.15, 0.2) is 64.5 Å². The van der Waals surface area contributed by atoms with Gasteiger partial charge in [0.2, 0.25) is 9.84 Å². The predicted octanol–water partition coefficient (Wildman–Crippen LogP) is 2.87. The van der Waals surface area contributed by atoms with E-state index in [2.05, 4.69) is 4.98 Å². The first-order valence-corrected chi connectivity index (χ1v) is 7.42. The van der Waals surface area contributed by atoms with E-state index in [0.717, 1.165) is 0 Å². The second kappa shape index (κ2) is 4.51. The van der Waals surface area contributed by atoms with Gasteiger partial charge in [0.1, 0.15) is 0 Å². The molecule has 20 heavy (non-hydrogen) atoms. The SMILES string of the molecule is N#Cc1ccc2c(S(=O)(=O)c3ccccc3)c[nH]c2c1. The van der Waals surface area contributed by atoms with E-state index < -0.39 is 9.84 Å². The summed E-state index contributed by atoms with van der Waals surface area (Å²) < 4.78 is 25.2. The van der Waals surface area contributed by atoms with Gasteiger partial charge in [-0.1, -0.05) is 24.3 Å². The smallest absolute Gasteiger partial charge is 0.208 e. The lowest BCUT2D eigenvalue weighted by Crippen LogP contribution is -2.00. The molecule has 2 aromatic carbocycles. The molecule has 0 aliphatic rings. The number of nitrogens with one attached hydrogen (secondary N) is 1. The molecule has 1 N–H and O–H groups in total. The number of hydrogen-bond acceptors (Lipinski definition) is 3. The number of sulfone groups is 1. The van der Waals surface area contributed by atoms with Gasteiger partial charge in [0.15, 0.2) is 0 Å². The van der Waals surface area contributed by atoms with Crippen LogP contribution in [0.25, 0.3) is 10.9 Å². The number of aromatic nitrogens is 1. The highest BCUT2D eigenvalue weighted by molar-refractivity contribution is 7.91. The molecule has 0 radical (unpaired) electrons. The van der Waals surface area contributed by atoms with Crippen molar-refractivity contribution in [3.63, 3.8) is 0 Å². The number of fused-ring (bicyclic) bond motifs is 1. The molecule has 98 valence electrons. The van der Waals surface area contributed by atoms with Gasteiger partial charge < -0.3 is 4.98 Å². The quantitative estimate of drug-likeness (QED) is 0.785. The van der Waals surface area contributed by atoms with Crippen LogP contribution in [0.3, 0.4) is 0 Å². The summed E-state index contributed by atoms with van der Waals surface area (Å²) in [6.45, 7) is 0. The van der Waals surface area contributed by atoms with Gasteiger partial charge in [0.05, 0.1) is 21.4 Å². The molecule has 0 aliphatic carbocycles. The molecular weight excluding hydrogens is 272 g/mol. The van der Waals surface area contributed by atoms with Crippen LogP contribution in [0.1, 0.15) is 5.56 Å². The van der Waals surface area contributed by atoms with E-state index >= 15 is 0 Å². The van der Waals surface area contributed by atoms with Crippen LogP contribution in [0.2, 0.25) is 0 Å². The van der Waals surface area contributed by atoms with Gasteiger partial charge >= 0.3 is 0 Å². The third-order valence-electron chi connectivity index (χ3n) is 3.12. The lowest BCUT2D eigenvalue weighted by molar-refractivity contribution is 0.597. The van der Waals surface area contributed by atoms with E-state index in [-0.39, 0.29) is 9.79 Å². The van der Waals surface area contributed by atoms with Gasteiger partial charge in [-0.15, -0.1) is 0 Å². The summed E-state index contributed by atoms with van der Waals surface area (Å²) in [5.74, 6) is 0. The van der Waals surface area contributed by atoms with Crippen molar-refractivity contribution in [2.75, 3.05) is 0 Å². The fraction of sp³-hybridized carbons (Fsp3) is 0. The highest BCUT2D eigenvalue weighted by Crippen LogP contribution is 2.28. The second-order valence-corrected chi connectivity index (χ2v) is 6.26. The first-order chi connectivity index (χ1) is 9.63. The van der Waals surface area contributed by atoms with E-state index in [1.165, 1.54) is 6.20 Å². The van der Waals surface area contributed by atoms with Crippen LogP contribution in [-0.4, -0.2) is 13.4 Å². The molecule has 0 bridgehead atoms. The number of nitrogens with zero attached hydrogens (tertiary/aromatic N) is 1. The Balaban J connectivity index is 2.23. The minimum Gasteiger partial charge on any atom is -0.360 e. The largest absolute Gasteiger partial charge is 0.360 e. The Morgan fingerprint density at radius 3 is 2.50 bits per heavy atom. The molecule has 0 aliphatic heterocycles. The Bertz CT molecular complexity index is 919. The summed E-state index contributed by atoms with van der Waals surface area (Å²) in [6.07, 6.45) is 1.47.